The maximum atomic E-state index is 13.1. The van der Waals surface area contributed by atoms with Crippen molar-refractivity contribution >= 4 is 58.6 Å². The van der Waals surface area contributed by atoms with Gasteiger partial charge in [-0.15, -0.1) is 0 Å². The molecule has 1 aliphatic carbocycles. The Labute approximate surface area is 330 Å². The Kier molecular flexibility index (Phi) is 12.7. The first-order valence-electron chi connectivity index (χ1n) is 17.9. The second-order valence-corrected chi connectivity index (χ2v) is 13.9. The average molecular weight is 810 g/mol. The minimum absolute atomic E-state index is 0.0336. The summed E-state index contributed by atoms with van der Waals surface area (Å²) in [5.41, 5.74) is 2.19. The van der Waals surface area contributed by atoms with Gasteiger partial charge in [0.2, 0.25) is 11.9 Å². The Morgan fingerprint density at radius 3 is 2.26 bits per heavy atom. The second-order valence-electron chi connectivity index (χ2n) is 13.5. The molecular weight excluding hydrogens is 771 g/mol. The number of carbonyl (C=O) groups is 4. The topological polar surface area (TPSA) is 189 Å². The van der Waals surface area contributed by atoms with Gasteiger partial charge in [-0.25, -0.2) is 4.79 Å². The highest BCUT2D eigenvalue weighted by molar-refractivity contribution is 6.39. The van der Waals surface area contributed by atoms with Gasteiger partial charge in [0, 0.05) is 35.1 Å². The molecule has 1 aliphatic heterocycles. The van der Waals surface area contributed by atoms with Gasteiger partial charge in [-0.3, -0.25) is 19.3 Å². The first-order valence-corrected chi connectivity index (χ1v) is 18.3. The lowest BCUT2D eigenvalue weighted by atomic mass is 10.1. The molecule has 300 valence electrons. The lowest BCUT2D eigenvalue weighted by Crippen LogP contribution is -2.50. The molecule has 1 aromatic heterocycles. The Hall–Kier alpha value is -6.01. The van der Waals surface area contributed by atoms with Gasteiger partial charge in [-0.1, -0.05) is 35.9 Å². The van der Waals surface area contributed by atoms with Gasteiger partial charge in [0.05, 0.1) is 12.6 Å². The van der Waals surface area contributed by atoms with Crippen LogP contribution in [0.3, 0.4) is 0 Å². The first-order chi connectivity index (χ1) is 27.3. The van der Waals surface area contributed by atoms with E-state index in [1.165, 1.54) is 24.3 Å². The number of alkyl halides is 3. The molecule has 2 aliphatic rings. The molecule has 3 aromatic carbocycles. The van der Waals surface area contributed by atoms with Crippen LogP contribution < -0.4 is 31.3 Å². The third-order valence-electron chi connectivity index (χ3n) is 9.13. The van der Waals surface area contributed by atoms with Crippen LogP contribution in [0.25, 0.3) is 0 Å². The Morgan fingerprint density at radius 2 is 1.60 bits per heavy atom. The van der Waals surface area contributed by atoms with Crippen molar-refractivity contribution in [2.75, 3.05) is 49.3 Å². The van der Waals surface area contributed by atoms with E-state index in [0.29, 0.717) is 29.2 Å². The highest BCUT2D eigenvalue weighted by Gasteiger charge is 2.45. The molecule has 0 spiro atoms. The zero-order chi connectivity index (χ0) is 40.6. The number of esters is 1. The lowest BCUT2D eigenvalue weighted by Gasteiger charge is -2.19. The molecule has 5 N–H and O–H groups in total. The van der Waals surface area contributed by atoms with Gasteiger partial charge >= 0.3 is 30.0 Å². The number of carbonyl (C=O) groups excluding carboxylic acids is 4. The van der Waals surface area contributed by atoms with Gasteiger partial charge in [-0.2, -0.15) is 28.1 Å². The van der Waals surface area contributed by atoms with Gasteiger partial charge in [0.15, 0.2) is 6.61 Å². The summed E-state index contributed by atoms with van der Waals surface area (Å²) in [4.78, 5) is 65.6. The minimum Gasteiger partial charge on any atom is -0.467 e. The van der Waals surface area contributed by atoms with Crippen LogP contribution in [-0.2, 0) is 31.2 Å². The molecule has 1 atom stereocenters. The average Bonchev–Trinajstić information content (AvgIpc) is 3.78. The Morgan fingerprint density at radius 1 is 0.895 bits per heavy atom. The summed E-state index contributed by atoms with van der Waals surface area (Å²) in [5.74, 6) is -3.75. The van der Waals surface area contributed by atoms with Crippen LogP contribution in [0, 0.1) is 0 Å². The summed E-state index contributed by atoms with van der Waals surface area (Å²) in [6, 6.07) is 18.1. The van der Waals surface area contributed by atoms with Crippen molar-refractivity contribution in [1.29, 1.82) is 0 Å². The number of aromatic nitrogens is 3. The van der Waals surface area contributed by atoms with E-state index in [1.54, 1.807) is 30.3 Å². The van der Waals surface area contributed by atoms with E-state index >= 15 is 0 Å². The van der Waals surface area contributed by atoms with E-state index in [1.807, 2.05) is 18.2 Å². The zero-order valence-electron chi connectivity index (χ0n) is 30.6. The van der Waals surface area contributed by atoms with Crippen LogP contribution in [0.1, 0.15) is 47.2 Å². The van der Waals surface area contributed by atoms with Crippen molar-refractivity contribution in [3.63, 3.8) is 0 Å². The number of ether oxygens (including phenoxy) is 2. The van der Waals surface area contributed by atoms with Crippen molar-refractivity contribution < 1.29 is 41.8 Å². The largest absolute Gasteiger partial charge is 0.467 e. The van der Waals surface area contributed by atoms with Crippen LogP contribution in [0.15, 0.2) is 72.8 Å². The minimum atomic E-state index is -4.64. The number of amides is 3. The van der Waals surface area contributed by atoms with E-state index in [9.17, 15) is 32.3 Å². The molecule has 19 heteroatoms. The molecule has 1 saturated carbocycles. The standard InChI is InChI=1S/C38H39ClF3N9O6/c1-56-33(55)29(20-43-31(53)32(54)44-28-6-4-5-23(19-28)21-51-17-2-3-18-51)46-30(52)24-7-13-27(14-8-24)45-34-47-35(49-36(48-34)57-22-38(40,41)42)50-37(15-16-37)25-9-11-26(39)12-10-25/h4-14,19,29H,2-3,15-18,20-22H2,1H3,(H,43,53)(H,44,54)(H,46,52)(H2,45,47,48,49,50)/t29-/m0/s1. The fraction of sp³-hybridized carbons (Fsp3) is 0.342. The SMILES string of the molecule is COC(=O)[C@H](CNC(=O)C(=O)Nc1cccc(CN2CCCC2)c1)NC(=O)c1ccc(Nc2nc(NC3(c4ccc(Cl)cc4)CC3)nc(OCC(F)(F)F)n2)cc1. The molecule has 2 fully saturated rings. The number of nitrogens with one attached hydrogen (secondary N) is 5. The molecule has 0 radical (unpaired) electrons. The number of halogens is 4. The summed E-state index contributed by atoms with van der Waals surface area (Å²) in [7, 11) is 1.11. The molecule has 0 unspecified atom stereocenters. The van der Waals surface area contributed by atoms with Gasteiger partial charge < -0.3 is 36.1 Å². The Balaban J connectivity index is 1.06. The van der Waals surface area contributed by atoms with E-state index in [0.717, 1.165) is 50.7 Å². The zero-order valence-corrected chi connectivity index (χ0v) is 31.4. The summed E-state index contributed by atoms with van der Waals surface area (Å²) >= 11 is 6.04. The monoisotopic (exact) mass is 809 g/mol. The predicted octanol–water partition coefficient (Wildman–Crippen LogP) is 4.93. The summed E-state index contributed by atoms with van der Waals surface area (Å²) in [5, 5.41) is 14.0. The van der Waals surface area contributed by atoms with Gasteiger partial charge in [-0.05, 0) is 98.4 Å². The van der Waals surface area contributed by atoms with Crippen molar-refractivity contribution in [2.24, 2.45) is 0 Å². The summed E-state index contributed by atoms with van der Waals surface area (Å²) in [6.45, 7) is 0.658. The van der Waals surface area contributed by atoms with E-state index in [-0.39, 0.29) is 17.5 Å². The maximum Gasteiger partial charge on any atom is 0.422 e. The molecule has 3 amide bonds. The normalized spacial score (nSPS) is 15.2. The van der Waals surface area contributed by atoms with Crippen LogP contribution in [0.4, 0.5) is 36.4 Å². The number of anilines is 4. The van der Waals surface area contributed by atoms with Crippen LogP contribution in [0.2, 0.25) is 5.02 Å². The molecular formula is C38H39ClF3N9O6. The molecule has 15 nitrogen and oxygen atoms in total. The molecule has 2 heterocycles. The molecule has 57 heavy (non-hydrogen) atoms. The van der Waals surface area contributed by atoms with E-state index < -0.39 is 60.6 Å². The third kappa shape index (κ3) is 11.5. The number of methoxy groups -OCH3 is 1. The number of hydrogen-bond acceptors (Lipinski definition) is 12. The van der Waals surface area contributed by atoms with Crippen LogP contribution in [-0.4, -0.2) is 89.1 Å². The maximum absolute atomic E-state index is 13.1. The smallest absolute Gasteiger partial charge is 0.422 e. The van der Waals surface area contributed by atoms with Crippen LogP contribution in [0.5, 0.6) is 6.01 Å². The molecule has 0 bridgehead atoms. The fourth-order valence-corrected chi connectivity index (χ4v) is 6.22. The molecule has 6 rings (SSSR count). The number of hydrogen-bond donors (Lipinski definition) is 5. The van der Waals surface area contributed by atoms with Crippen molar-refractivity contribution in [3.05, 3.63) is 94.5 Å². The van der Waals surface area contributed by atoms with Crippen molar-refractivity contribution in [2.45, 2.75) is 50.0 Å². The van der Waals surface area contributed by atoms with Gasteiger partial charge in [0.1, 0.15) is 6.04 Å². The van der Waals surface area contributed by atoms with E-state index in [2.05, 4.69) is 46.4 Å². The van der Waals surface area contributed by atoms with Crippen LogP contribution >= 0.6 is 11.6 Å². The highest BCUT2D eigenvalue weighted by atomic mass is 35.5. The summed E-state index contributed by atoms with van der Waals surface area (Å²) in [6.07, 6.45) is -0.946. The molecule has 1 saturated heterocycles. The van der Waals surface area contributed by atoms with E-state index in [4.69, 9.17) is 21.1 Å². The number of benzene rings is 3. The second kappa shape index (κ2) is 17.8. The first kappa shape index (κ1) is 40.6. The predicted molar refractivity (Wildman–Crippen MR) is 203 cm³/mol. The van der Waals surface area contributed by atoms with Gasteiger partial charge in [0.25, 0.3) is 5.91 Å². The lowest BCUT2D eigenvalue weighted by molar-refractivity contribution is -0.154. The number of nitrogens with zero attached hydrogens (tertiary/aromatic N) is 4. The van der Waals surface area contributed by atoms with Crippen molar-refractivity contribution in [1.82, 2.24) is 30.5 Å². The number of likely N-dealkylation sites (tertiary alicyclic amines) is 1. The third-order valence-corrected chi connectivity index (χ3v) is 9.39. The Bertz CT molecular complexity index is 2080. The molecule has 4 aromatic rings. The number of rotatable bonds is 15. The summed E-state index contributed by atoms with van der Waals surface area (Å²) < 4.78 is 48.6. The highest BCUT2D eigenvalue weighted by Crippen LogP contribution is 2.48. The van der Waals surface area contributed by atoms with Crippen molar-refractivity contribution in [3.8, 4) is 6.01 Å². The quantitative estimate of drug-likeness (QED) is 0.0806. The fourth-order valence-electron chi connectivity index (χ4n) is 6.09.